The number of aromatic nitrogens is 4. The summed E-state index contributed by atoms with van der Waals surface area (Å²) >= 11 is 0. The Morgan fingerprint density at radius 3 is 2.89 bits per heavy atom. The van der Waals surface area contributed by atoms with E-state index < -0.39 is 18.4 Å². The molecule has 1 fully saturated rings. The largest absolute Gasteiger partial charge is 0.394 e. The van der Waals surface area contributed by atoms with Crippen LogP contribution in [0.15, 0.2) is 6.20 Å². The fraction of sp³-hybridized carbons (Fsp3) is 0.500. The number of aliphatic hydroxyl groups is 2. The standard InChI is InChI=1S/C10H14N6O3/c11-8-4-2-13-16(9(4)15-10(12)14-8)7-1-5(18)6(3-17)19-7/h2,5-7,17-18H,1,3H2,(H4,11,12,14,15)/t5-,6+,7+/m0/s1. The van der Waals surface area contributed by atoms with Gasteiger partial charge in [-0.15, -0.1) is 0 Å². The van der Waals surface area contributed by atoms with Crippen molar-refractivity contribution in [3.8, 4) is 0 Å². The van der Waals surface area contributed by atoms with Crippen molar-refractivity contribution in [3.63, 3.8) is 0 Å². The van der Waals surface area contributed by atoms with E-state index in [2.05, 4.69) is 15.1 Å². The number of nitrogens with zero attached hydrogens (tertiary/aromatic N) is 4. The molecule has 0 unspecified atom stereocenters. The van der Waals surface area contributed by atoms with Crippen LogP contribution in [0.2, 0.25) is 0 Å². The number of nitrogen functional groups attached to an aromatic ring is 2. The zero-order valence-corrected chi connectivity index (χ0v) is 9.97. The van der Waals surface area contributed by atoms with Crippen LogP contribution in [0.1, 0.15) is 12.6 Å². The Morgan fingerprint density at radius 2 is 2.21 bits per heavy atom. The Labute approximate surface area is 107 Å². The molecule has 3 rings (SSSR count). The highest BCUT2D eigenvalue weighted by Crippen LogP contribution is 2.31. The van der Waals surface area contributed by atoms with Crippen LogP contribution in [0.5, 0.6) is 0 Å². The monoisotopic (exact) mass is 266 g/mol. The van der Waals surface area contributed by atoms with E-state index in [0.717, 1.165) is 0 Å². The van der Waals surface area contributed by atoms with Crippen molar-refractivity contribution in [2.24, 2.45) is 0 Å². The smallest absolute Gasteiger partial charge is 0.224 e. The minimum atomic E-state index is -0.745. The molecule has 3 atom stereocenters. The lowest BCUT2D eigenvalue weighted by Gasteiger charge is -2.12. The number of hydrogen-bond acceptors (Lipinski definition) is 8. The van der Waals surface area contributed by atoms with Crippen molar-refractivity contribution in [3.05, 3.63) is 6.20 Å². The highest BCUT2D eigenvalue weighted by Gasteiger charge is 2.35. The van der Waals surface area contributed by atoms with Gasteiger partial charge in [0.25, 0.3) is 0 Å². The molecule has 102 valence electrons. The zero-order chi connectivity index (χ0) is 13.6. The van der Waals surface area contributed by atoms with Gasteiger partial charge in [0.1, 0.15) is 11.9 Å². The van der Waals surface area contributed by atoms with Crippen LogP contribution in [-0.4, -0.2) is 48.8 Å². The summed E-state index contributed by atoms with van der Waals surface area (Å²) in [6, 6.07) is 0. The Morgan fingerprint density at radius 1 is 1.42 bits per heavy atom. The molecule has 0 aromatic carbocycles. The maximum atomic E-state index is 9.73. The Bertz CT molecular complexity index is 615. The molecule has 3 heterocycles. The molecule has 0 radical (unpaired) electrons. The lowest BCUT2D eigenvalue weighted by Crippen LogP contribution is -2.24. The number of anilines is 2. The molecular formula is C10H14N6O3. The van der Waals surface area contributed by atoms with Crippen LogP contribution in [-0.2, 0) is 4.74 Å². The molecule has 9 nitrogen and oxygen atoms in total. The second-order valence-corrected chi connectivity index (χ2v) is 4.41. The molecule has 0 spiro atoms. The molecule has 2 aromatic heterocycles. The van der Waals surface area contributed by atoms with Gasteiger partial charge in [-0.3, -0.25) is 0 Å². The Hall–Kier alpha value is -1.97. The second-order valence-electron chi connectivity index (χ2n) is 4.41. The number of aliphatic hydroxyl groups excluding tert-OH is 2. The average Bonchev–Trinajstić information content (AvgIpc) is 2.92. The summed E-state index contributed by atoms with van der Waals surface area (Å²) in [7, 11) is 0. The van der Waals surface area contributed by atoms with Crippen LogP contribution >= 0.6 is 0 Å². The van der Waals surface area contributed by atoms with E-state index in [0.29, 0.717) is 17.5 Å². The maximum Gasteiger partial charge on any atom is 0.224 e. The molecule has 1 saturated heterocycles. The van der Waals surface area contributed by atoms with Gasteiger partial charge in [-0.2, -0.15) is 15.1 Å². The first-order valence-corrected chi connectivity index (χ1v) is 5.80. The number of fused-ring (bicyclic) bond motifs is 1. The molecule has 1 aliphatic heterocycles. The van der Waals surface area contributed by atoms with E-state index in [1.54, 1.807) is 0 Å². The first-order valence-electron chi connectivity index (χ1n) is 5.80. The molecule has 0 amide bonds. The predicted octanol–water partition coefficient (Wildman–Crippen LogP) is -1.37. The summed E-state index contributed by atoms with van der Waals surface area (Å²) in [5.41, 5.74) is 11.7. The normalized spacial score (nSPS) is 27.2. The third-order valence-corrected chi connectivity index (χ3v) is 3.16. The molecule has 2 aromatic rings. The molecule has 6 N–H and O–H groups in total. The highest BCUT2D eigenvalue weighted by atomic mass is 16.5. The molecular weight excluding hydrogens is 252 g/mol. The fourth-order valence-corrected chi connectivity index (χ4v) is 2.20. The van der Waals surface area contributed by atoms with Crippen molar-refractivity contribution in [1.29, 1.82) is 0 Å². The first kappa shape index (κ1) is 12.1. The summed E-state index contributed by atoms with van der Waals surface area (Å²) in [4.78, 5) is 7.93. The van der Waals surface area contributed by atoms with Crippen LogP contribution < -0.4 is 11.5 Å². The van der Waals surface area contributed by atoms with E-state index in [4.69, 9.17) is 21.3 Å². The summed E-state index contributed by atoms with van der Waals surface area (Å²) < 4.78 is 7.00. The van der Waals surface area contributed by atoms with E-state index in [-0.39, 0.29) is 18.4 Å². The maximum absolute atomic E-state index is 9.73. The van der Waals surface area contributed by atoms with Gasteiger partial charge in [-0.1, -0.05) is 0 Å². The fourth-order valence-electron chi connectivity index (χ4n) is 2.20. The minimum Gasteiger partial charge on any atom is -0.394 e. The van der Waals surface area contributed by atoms with E-state index in [9.17, 15) is 5.11 Å². The van der Waals surface area contributed by atoms with Gasteiger partial charge in [0.2, 0.25) is 5.95 Å². The van der Waals surface area contributed by atoms with Crippen LogP contribution in [0.3, 0.4) is 0 Å². The van der Waals surface area contributed by atoms with Gasteiger partial charge in [-0.25, -0.2) is 4.68 Å². The summed E-state index contributed by atoms with van der Waals surface area (Å²) in [5.74, 6) is 0.287. The number of ether oxygens (including phenoxy) is 1. The molecule has 9 heteroatoms. The molecule has 0 aliphatic carbocycles. The van der Waals surface area contributed by atoms with Gasteiger partial charge in [-0.05, 0) is 0 Å². The highest BCUT2D eigenvalue weighted by molar-refractivity contribution is 5.86. The van der Waals surface area contributed by atoms with Crippen LogP contribution in [0, 0.1) is 0 Å². The van der Waals surface area contributed by atoms with Crippen LogP contribution in [0.25, 0.3) is 11.0 Å². The number of hydrogen-bond donors (Lipinski definition) is 4. The predicted molar refractivity (Wildman–Crippen MR) is 65.8 cm³/mol. The quantitative estimate of drug-likeness (QED) is 0.521. The molecule has 0 saturated carbocycles. The Balaban J connectivity index is 2.02. The average molecular weight is 266 g/mol. The van der Waals surface area contributed by atoms with Gasteiger partial charge < -0.3 is 26.4 Å². The van der Waals surface area contributed by atoms with Crippen molar-refractivity contribution in [2.45, 2.75) is 24.9 Å². The van der Waals surface area contributed by atoms with Crippen molar-refractivity contribution in [2.75, 3.05) is 18.1 Å². The molecule has 19 heavy (non-hydrogen) atoms. The van der Waals surface area contributed by atoms with Gasteiger partial charge in [0, 0.05) is 6.42 Å². The second kappa shape index (κ2) is 4.30. The summed E-state index contributed by atoms with van der Waals surface area (Å²) in [6.07, 6.45) is -0.0531. The minimum absolute atomic E-state index is 0.0454. The van der Waals surface area contributed by atoms with Crippen molar-refractivity contribution in [1.82, 2.24) is 19.7 Å². The van der Waals surface area contributed by atoms with E-state index >= 15 is 0 Å². The molecule has 1 aliphatic rings. The Kier molecular flexibility index (Phi) is 2.73. The van der Waals surface area contributed by atoms with E-state index in [1.807, 2.05) is 0 Å². The van der Waals surface area contributed by atoms with E-state index in [1.165, 1.54) is 10.9 Å². The topological polar surface area (TPSA) is 145 Å². The number of rotatable bonds is 2. The lowest BCUT2D eigenvalue weighted by molar-refractivity contribution is -0.0470. The lowest BCUT2D eigenvalue weighted by atomic mass is 10.2. The van der Waals surface area contributed by atoms with Crippen molar-refractivity contribution < 1.29 is 14.9 Å². The third-order valence-electron chi connectivity index (χ3n) is 3.16. The van der Waals surface area contributed by atoms with Gasteiger partial charge in [0.15, 0.2) is 11.9 Å². The van der Waals surface area contributed by atoms with Crippen molar-refractivity contribution >= 4 is 22.8 Å². The summed E-state index contributed by atoms with van der Waals surface area (Å²) in [5, 5.41) is 23.5. The zero-order valence-electron chi connectivity index (χ0n) is 9.97. The van der Waals surface area contributed by atoms with Gasteiger partial charge >= 0.3 is 0 Å². The summed E-state index contributed by atoms with van der Waals surface area (Å²) in [6.45, 7) is -0.254. The molecule has 0 bridgehead atoms. The third kappa shape index (κ3) is 1.87. The first-order chi connectivity index (χ1) is 9.10. The SMILES string of the molecule is Nc1nc(N)c2cnn([C@H]3C[C@H](O)[C@@H](CO)O3)c2n1. The van der Waals surface area contributed by atoms with Gasteiger partial charge in [0.05, 0.1) is 24.3 Å². The van der Waals surface area contributed by atoms with Crippen LogP contribution in [0.4, 0.5) is 11.8 Å². The number of nitrogens with two attached hydrogens (primary N) is 2.